The summed E-state index contributed by atoms with van der Waals surface area (Å²) in [7, 11) is 3.29. The second kappa shape index (κ2) is 9.07. The van der Waals surface area contributed by atoms with Gasteiger partial charge in [-0.2, -0.15) is 0 Å². The van der Waals surface area contributed by atoms with Crippen molar-refractivity contribution in [3.63, 3.8) is 0 Å². The second-order valence-corrected chi connectivity index (χ2v) is 7.76. The molecule has 0 bridgehead atoms. The van der Waals surface area contributed by atoms with Crippen LogP contribution in [0.25, 0.3) is 0 Å². The maximum atomic E-state index is 12.8. The summed E-state index contributed by atoms with van der Waals surface area (Å²) >= 11 is 0. The predicted molar refractivity (Wildman–Crippen MR) is 121 cm³/mol. The van der Waals surface area contributed by atoms with Gasteiger partial charge in [0.25, 0.3) is 5.56 Å². The van der Waals surface area contributed by atoms with Crippen molar-refractivity contribution in [2.24, 2.45) is 7.05 Å². The van der Waals surface area contributed by atoms with Crippen molar-refractivity contribution in [2.45, 2.75) is 19.4 Å². The molecule has 33 heavy (non-hydrogen) atoms. The molecule has 0 aliphatic rings. The van der Waals surface area contributed by atoms with E-state index < -0.39 is 17.1 Å². The maximum Gasteiger partial charge on any atom is 0.297 e. The molecule has 168 valence electrons. The number of anilines is 1. The summed E-state index contributed by atoms with van der Waals surface area (Å²) < 4.78 is 5.98. The third-order valence-electron chi connectivity index (χ3n) is 5.42. The molecule has 4 rings (SSSR count). The summed E-state index contributed by atoms with van der Waals surface area (Å²) in [5.74, 6) is -0.985. The molecular formula is C24H23N5O4. The molecule has 4 aromatic rings. The van der Waals surface area contributed by atoms with Gasteiger partial charge in [0.15, 0.2) is 11.5 Å². The van der Waals surface area contributed by atoms with E-state index in [1.165, 1.54) is 24.1 Å². The first kappa shape index (κ1) is 21.9. The molecule has 3 heterocycles. The zero-order valence-electron chi connectivity index (χ0n) is 18.5. The van der Waals surface area contributed by atoms with Gasteiger partial charge in [0.2, 0.25) is 11.7 Å². The minimum absolute atomic E-state index is 0.107. The van der Waals surface area contributed by atoms with E-state index in [2.05, 4.69) is 15.1 Å². The van der Waals surface area contributed by atoms with E-state index in [1.54, 1.807) is 18.1 Å². The number of aryl methyl sites for hydroxylation is 1. The van der Waals surface area contributed by atoms with E-state index in [0.717, 1.165) is 16.8 Å². The lowest BCUT2D eigenvalue weighted by molar-refractivity contribution is 0.0984. The molecule has 0 amide bonds. The topological polar surface area (TPSA) is 114 Å². The first-order chi connectivity index (χ1) is 15.9. The minimum atomic E-state index is -0.714. The van der Waals surface area contributed by atoms with E-state index in [4.69, 9.17) is 4.52 Å². The number of nitrogens with zero attached hydrogens (tertiary/aromatic N) is 5. The molecule has 1 unspecified atom stereocenters. The van der Waals surface area contributed by atoms with Crippen LogP contribution in [0.2, 0.25) is 0 Å². The summed E-state index contributed by atoms with van der Waals surface area (Å²) in [4.78, 5) is 36.3. The lowest BCUT2D eigenvalue weighted by Gasteiger charge is -2.31. The van der Waals surface area contributed by atoms with E-state index >= 15 is 0 Å². The highest BCUT2D eigenvalue weighted by molar-refractivity contribution is 5.98. The van der Waals surface area contributed by atoms with Gasteiger partial charge < -0.3 is 14.5 Å². The Morgan fingerprint density at radius 1 is 1.15 bits per heavy atom. The Hall–Kier alpha value is -4.27. The Morgan fingerprint density at radius 3 is 2.55 bits per heavy atom. The first-order valence-corrected chi connectivity index (χ1v) is 10.3. The fraction of sp³-hybridized carbons (Fsp3) is 0.208. The van der Waals surface area contributed by atoms with E-state index in [0.29, 0.717) is 5.56 Å². The number of rotatable bonds is 7. The van der Waals surface area contributed by atoms with Crippen LogP contribution in [0.15, 0.2) is 70.4 Å². The average molecular weight is 445 g/mol. The molecule has 3 aromatic heterocycles. The van der Waals surface area contributed by atoms with Crippen LogP contribution in [0.3, 0.4) is 0 Å². The predicted octanol–water partition coefficient (Wildman–Crippen LogP) is 2.83. The summed E-state index contributed by atoms with van der Waals surface area (Å²) in [6, 6.07) is 13.2. The number of hydrogen-bond acceptors (Lipinski definition) is 8. The third kappa shape index (κ3) is 4.38. The Labute approximate surface area is 190 Å². The molecule has 0 radical (unpaired) electrons. The zero-order chi connectivity index (χ0) is 23.5. The molecule has 9 heteroatoms. The average Bonchev–Trinajstić information content (AvgIpc) is 3.32. The number of aromatic hydroxyl groups is 1. The Bertz CT molecular complexity index is 1320. The van der Waals surface area contributed by atoms with Gasteiger partial charge in [0.1, 0.15) is 6.26 Å². The van der Waals surface area contributed by atoms with Crippen LogP contribution < -0.4 is 10.5 Å². The van der Waals surface area contributed by atoms with Gasteiger partial charge in [-0.15, -0.1) is 0 Å². The molecular weight excluding hydrogens is 422 g/mol. The molecule has 0 aliphatic carbocycles. The second-order valence-electron chi connectivity index (χ2n) is 7.76. The third-order valence-corrected chi connectivity index (χ3v) is 5.42. The van der Waals surface area contributed by atoms with Crippen LogP contribution in [0.5, 0.6) is 5.75 Å². The molecule has 1 atom stereocenters. The van der Waals surface area contributed by atoms with Gasteiger partial charge in [-0.3, -0.25) is 19.1 Å². The zero-order valence-corrected chi connectivity index (χ0v) is 18.5. The Morgan fingerprint density at radius 2 is 1.91 bits per heavy atom. The summed E-state index contributed by atoms with van der Waals surface area (Å²) in [6.07, 6.45) is 4.40. The number of benzene rings is 1. The minimum Gasteiger partial charge on any atom is -0.501 e. The van der Waals surface area contributed by atoms with Gasteiger partial charge in [-0.1, -0.05) is 41.6 Å². The van der Waals surface area contributed by atoms with Crippen molar-refractivity contribution < 1.29 is 14.4 Å². The van der Waals surface area contributed by atoms with E-state index in [9.17, 15) is 14.7 Å². The van der Waals surface area contributed by atoms with Crippen molar-refractivity contribution in [3.8, 4) is 5.75 Å². The first-order valence-electron chi connectivity index (χ1n) is 10.3. The highest BCUT2D eigenvalue weighted by atomic mass is 16.5. The van der Waals surface area contributed by atoms with E-state index in [-0.39, 0.29) is 24.1 Å². The monoisotopic (exact) mass is 445 g/mol. The van der Waals surface area contributed by atoms with Crippen molar-refractivity contribution in [2.75, 3.05) is 11.9 Å². The Balaban J connectivity index is 1.81. The molecule has 0 fully saturated rings. The summed E-state index contributed by atoms with van der Waals surface area (Å²) in [5, 5.41) is 14.0. The molecule has 0 spiro atoms. The summed E-state index contributed by atoms with van der Waals surface area (Å²) in [5.41, 5.74) is 2.22. The van der Waals surface area contributed by atoms with Crippen LogP contribution >= 0.6 is 0 Å². The summed E-state index contributed by atoms with van der Waals surface area (Å²) in [6.45, 7) is 1.91. The van der Waals surface area contributed by atoms with Crippen molar-refractivity contribution in [1.82, 2.24) is 19.7 Å². The standard InChI is InChI=1S/C24H23N5O4/c1-15-9-10-18(13-25-15)21(17-7-5-4-6-8-17)28(2)24-27-20(22(31)23(32)29(24)3)19(30)11-16-12-26-33-14-16/h4-10,12-14,21,31H,11H2,1-3H3. The largest absolute Gasteiger partial charge is 0.501 e. The maximum absolute atomic E-state index is 12.8. The van der Waals surface area contributed by atoms with Gasteiger partial charge in [-0.05, 0) is 24.1 Å². The molecule has 1 N–H and O–H groups in total. The number of hydrogen-bond donors (Lipinski definition) is 1. The number of Topliss-reactive ketones (excluding diaryl/α,β-unsaturated/α-hetero) is 1. The molecule has 9 nitrogen and oxygen atoms in total. The van der Waals surface area contributed by atoms with Crippen LogP contribution in [-0.4, -0.2) is 37.6 Å². The number of carbonyl (C=O) groups is 1. The van der Waals surface area contributed by atoms with Gasteiger partial charge in [0, 0.05) is 38.0 Å². The molecule has 0 aliphatic heterocycles. The highest BCUT2D eigenvalue weighted by Gasteiger charge is 2.27. The lowest BCUT2D eigenvalue weighted by Crippen LogP contribution is -2.33. The van der Waals surface area contributed by atoms with Crippen molar-refractivity contribution in [1.29, 1.82) is 0 Å². The molecule has 0 saturated heterocycles. The van der Waals surface area contributed by atoms with Crippen LogP contribution in [0, 0.1) is 6.92 Å². The fourth-order valence-corrected chi connectivity index (χ4v) is 3.70. The van der Waals surface area contributed by atoms with Crippen LogP contribution in [0.1, 0.15) is 38.9 Å². The normalized spacial score (nSPS) is 11.8. The SMILES string of the molecule is Cc1ccc(C(c2ccccc2)N(C)c2nc(C(=O)Cc3cnoc3)c(O)c(=O)n2C)cn1. The van der Waals surface area contributed by atoms with Crippen molar-refractivity contribution >= 4 is 11.7 Å². The van der Waals surface area contributed by atoms with Crippen LogP contribution in [-0.2, 0) is 13.5 Å². The van der Waals surface area contributed by atoms with E-state index in [1.807, 2.05) is 49.4 Å². The highest BCUT2D eigenvalue weighted by Crippen LogP contribution is 2.31. The van der Waals surface area contributed by atoms with Gasteiger partial charge >= 0.3 is 0 Å². The quantitative estimate of drug-likeness (QED) is 0.432. The molecule has 1 aromatic carbocycles. The van der Waals surface area contributed by atoms with Gasteiger partial charge in [-0.25, -0.2) is 4.98 Å². The number of aromatic nitrogens is 4. The fourth-order valence-electron chi connectivity index (χ4n) is 3.70. The number of ketones is 1. The van der Waals surface area contributed by atoms with Crippen molar-refractivity contribution in [3.05, 3.63) is 99.6 Å². The lowest BCUT2D eigenvalue weighted by atomic mass is 9.99. The molecule has 0 saturated carbocycles. The van der Waals surface area contributed by atoms with Crippen LogP contribution in [0.4, 0.5) is 5.95 Å². The number of carbonyl (C=O) groups excluding carboxylic acids is 1. The smallest absolute Gasteiger partial charge is 0.297 e. The van der Waals surface area contributed by atoms with Gasteiger partial charge in [0.05, 0.1) is 12.2 Å². The Kier molecular flexibility index (Phi) is 6.03. The number of pyridine rings is 1.